The number of fused-ring (bicyclic) bond motifs is 1. The fraction of sp³-hybridized carbons (Fsp3) is 0.133. The number of hydrogen-bond acceptors (Lipinski definition) is 1. The van der Waals surface area contributed by atoms with Crippen LogP contribution >= 0.6 is 0 Å². The van der Waals surface area contributed by atoms with Gasteiger partial charge < -0.3 is 4.57 Å². The first-order valence-corrected chi connectivity index (χ1v) is 5.78. The molecule has 0 aliphatic rings. The lowest BCUT2D eigenvalue weighted by molar-refractivity contribution is 0.825. The van der Waals surface area contributed by atoms with Gasteiger partial charge in [-0.15, -0.1) is 0 Å². The van der Waals surface area contributed by atoms with Crippen LogP contribution in [-0.4, -0.2) is 9.55 Å². The second-order valence-electron chi connectivity index (χ2n) is 4.35. The summed E-state index contributed by atoms with van der Waals surface area (Å²) in [7, 11) is 0. The van der Waals surface area contributed by atoms with Crippen molar-refractivity contribution in [2.45, 2.75) is 13.5 Å². The van der Waals surface area contributed by atoms with Crippen LogP contribution < -0.4 is 0 Å². The van der Waals surface area contributed by atoms with Crippen molar-refractivity contribution in [2.75, 3.05) is 0 Å². The molecule has 0 atom stereocenters. The summed E-state index contributed by atoms with van der Waals surface area (Å²) in [6, 6.07) is 14.8. The van der Waals surface area contributed by atoms with Gasteiger partial charge in [0.2, 0.25) is 0 Å². The summed E-state index contributed by atoms with van der Waals surface area (Å²) < 4.78 is 2.18. The third-order valence-electron chi connectivity index (χ3n) is 3.00. The van der Waals surface area contributed by atoms with E-state index in [0.717, 1.165) is 12.2 Å². The van der Waals surface area contributed by atoms with E-state index in [4.69, 9.17) is 0 Å². The number of nitrogens with zero attached hydrogens (tertiary/aromatic N) is 2. The first-order chi connectivity index (χ1) is 8.33. The van der Waals surface area contributed by atoms with E-state index in [2.05, 4.69) is 59.1 Å². The molecule has 0 aliphatic heterocycles. The van der Waals surface area contributed by atoms with Gasteiger partial charge in [0.15, 0.2) is 0 Å². The summed E-state index contributed by atoms with van der Waals surface area (Å²) >= 11 is 0. The maximum atomic E-state index is 4.42. The van der Waals surface area contributed by atoms with Crippen molar-refractivity contribution < 1.29 is 0 Å². The molecule has 3 aromatic rings. The van der Waals surface area contributed by atoms with Crippen LogP contribution in [0.15, 0.2) is 54.9 Å². The molecular formula is C15H14N2. The molecule has 0 fully saturated rings. The first kappa shape index (κ1) is 10.1. The average molecular weight is 222 g/mol. The quantitative estimate of drug-likeness (QED) is 0.650. The zero-order valence-corrected chi connectivity index (χ0v) is 9.80. The number of rotatable bonds is 2. The Bertz CT molecular complexity index is 635. The predicted molar refractivity (Wildman–Crippen MR) is 70.0 cm³/mol. The molecule has 2 heteroatoms. The molecule has 0 saturated carbocycles. The molecule has 2 nitrogen and oxygen atoms in total. The van der Waals surface area contributed by atoms with Crippen molar-refractivity contribution in [3.05, 3.63) is 66.0 Å². The predicted octanol–water partition coefficient (Wildman–Crippen LogP) is 3.39. The van der Waals surface area contributed by atoms with Crippen LogP contribution in [0.1, 0.15) is 11.1 Å². The highest BCUT2D eigenvalue weighted by molar-refractivity contribution is 5.75. The Morgan fingerprint density at radius 2 is 1.88 bits per heavy atom. The number of aryl methyl sites for hydroxylation is 1. The third-order valence-corrected chi connectivity index (χ3v) is 3.00. The Labute approximate surface area is 101 Å². The van der Waals surface area contributed by atoms with Gasteiger partial charge in [-0.25, -0.2) is 4.98 Å². The van der Waals surface area contributed by atoms with Gasteiger partial charge in [-0.05, 0) is 30.7 Å². The molecule has 1 aromatic carbocycles. The van der Waals surface area contributed by atoms with E-state index < -0.39 is 0 Å². The fourth-order valence-electron chi connectivity index (χ4n) is 2.04. The van der Waals surface area contributed by atoms with E-state index in [1.54, 1.807) is 0 Å². The highest BCUT2D eigenvalue weighted by Gasteiger charge is 2.01. The minimum Gasteiger partial charge on any atom is -0.328 e. The Hall–Kier alpha value is -2.09. The largest absolute Gasteiger partial charge is 0.328 e. The molecule has 2 aromatic heterocycles. The highest BCUT2D eigenvalue weighted by atomic mass is 15.0. The van der Waals surface area contributed by atoms with E-state index in [-0.39, 0.29) is 0 Å². The maximum Gasteiger partial charge on any atom is 0.140 e. The van der Waals surface area contributed by atoms with Gasteiger partial charge in [0.05, 0.1) is 0 Å². The molecule has 0 spiro atoms. The van der Waals surface area contributed by atoms with Gasteiger partial charge in [-0.3, -0.25) is 0 Å². The molecule has 0 unspecified atom stereocenters. The van der Waals surface area contributed by atoms with Crippen molar-refractivity contribution in [3.8, 4) is 0 Å². The average Bonchev–Trinajstić information content (AvgIpc) is 2.76. The van der Waals surface area contributed by atoms with Gasteiger partial charge in [0.1, 0.15) is 5.65 Å². The lowest BCUT2D eigenvalue weighted by Gasteiger charge is -2.05. The van der Waals surface area contributed by atoms with E-state index in [0.29, 0.717) is 0 Å². The lowest BCUT2D eigenvalue weighted by atomic mass is 10.1. The standard InChI is InChI=1S/C15H14N2/c1-12-4-6-13(7-5-12)11-17-10-8-14-3-2-9-16-15(14)17/h2-10H,11H2,1H3. The Balaban J connectivity index is 1.97. The van der Waals surface area contributed by atoms with Crippen LogP contribution in [0.2, 0.25) is 0 Å². The monoisotopic (exact) mass is 222 g/mol. The van der Waals surface area contributed by atoms with Crippen molar-refractivity contribution in [1.29, 1.82) is 0 Å². The zero-order valence-electron chi connectivity index (χ0n) is 9.80. The van der Waals surface area contributed by atoms with Gasteiger partial charge in [-0.2, -0.15) is 0 Å². The number of benzene rings is 1. The van der Waals surface area contributed by atoms with E-state index in [9.17, 15) is 0 Å². The molecule has 0 amide bonds. The SMILES string of the molecule is Cc1ccc(Cn2ccc3cccnc32)cc1. The molecule has 17 heavy (non-hydrogen) atoms. The van der Waals surface area contributed by atoms with Gasteiger partial charge in [0, 0.05) is 24.3 Å². The van der Waals surface area contributed by atoms with Crippen LogP contribution in [0, 0.1) is 6.92 Å². The van der Waals surface area contributed by atoms with Gasteiger partial charge >= 0.3 is 0 Å². The molecule has 0 saturated heterocycles. The Kier molecular flexibility index (Phi) is 2.41. The number of pyridine rings is 1. The first-order valence-electron chi connectivity index (χ1n) is 5.78. The van der Waals surface area contributed by atoms with Crippen molar-refractivity contribution in [1.82, 2.24) is 9.55 Å². The zero-order chi connectivity index (χ0) is 11.7. The smallest absolute Gasteiger partial charge is 0.140 e. The third kappa shape index (κ3) is 1.94. The van der Waals surface area contributed by atoms with Crippen molar-refractivity contribution in [2.24, 2.45) is 0 Å². The van der Waals surface area contributed by atoms with Crippen LogP contribution in [-0.2, 0) is 6.54 Å². The summed E-state index contributed by atoms with van der Waals surface area (Å²) in [4.78, 5) is 4.42. The van der Waals surface area contributed by atoms with E-state index in [1.807, 2.05) is 12.3 Å². The fourth-order valence-corrected chi connectivity index (χ4v) is 2.04. The molecule has 84 valence electrons. The van der Waals surface area contributed by atoms with Crippen LogP contribution in [0.25, 0.3) is 11.0 Å². The minimum atomic E-state index is 0.876. The second kappa shape index (κ2) is 4.06. The summed E-state index contributed by atoms with van der Waals surface area (Å²) in [6.07, 6.45) is 3.94. The van der Waals surface area contributed by atoms with Crippen molar-refractivity contribution >= 4 is 11.0 Å². The summed E-state index contributed by atoms with van der Waals surface area (Å²) in [5.41, 5.74) is 3.65. The van der Waals surface area contributed by atoms with Crippen LogP contribution in [0.5, 0.6) is 0 Å². The molecule has 3 rings (SSSR count). The number of hydrogen-bond donors (Lipinski definition) is 0. The van der Waals surface area contributed by atoms with E-state index >= 15 is 0 Å². The molecule has 0 radical (unpaired) electrons. The molecular weight excluding hydrogens is 208 g/mol. The maximum absolute atomic E-state index is 4.42. The molecule has 0 bridgehead atoms. The Morgan fingerprint density at radius 1 is 1.06 bits per heavy atom. The summed E-state index contributed by atoms with van der Waals surface area (Å²) in [5.74, 6) is 0. The topological polar surface area (TPSA) is 17.8 Å². The normalized spacial score (nSPS) is 10.9. The van der Waals surface area contributed by atoms with Crippen molar-refractivity contribution in [3.63, 3.8) is 0 Å². The highest BCUT2D eigenvalue weighted by Crippen LogP contribution is 2.14. The number of aromatic nitrogens is 2. The Morgan fingerprint density at radius 3 is 2.71 bits per heavy atom. The second-order valence-corrected chi connectivity index (χ2v) is 4.35. The molecule has 0 N–H and O–H groups in total. The molecule has 0 aliphatic carbocycles. The van der Waals surface area contributed by atoms with E-state index in [1.165, 1.54) is 16.5 Å². The lowest BCUT2D eigenvalue weighted by Crippen LogP contribution is -1.98. The van der Waals surface area contributed by atoms with Crippen LogP contribution in [0.4, 0.5) is 0 Å². The minimum absolute atomic E-state index is 0.876. The molecule has 2 heterocycles. The summed E-state index contributed by atoms with van der Waals surface area (Å²) in [6.45, 7) is 2.98. The summed E-state index contributed by atoms with van der Waals surface area (Å²) in [5, 5.41) is 1.19. The van der Waals surface area contributed by atoms with Gasteiger partial charge in [0.25, 0.3) is 0 Å². The van der Waals surface area contributed by atoms with Gasteiger partial charge in [-0.1, -0.05) is 29.8 Å². The van der Waals surface area contributed by atoms with Crippen LogP contribution in [0.3, 0.4) is 0 Å².